The Morgan fingerprint density at radius 2 is 1.77 bits per heavy atom. The Bertz CT molecular complexity index is 1010. The van der Waals surface area contributed by atoms with Crippen LogP contribution in [0, 0.1) is 5.92 Å². The second kappa shape index (κ2) is 11.0. The van der Waals surface area contributed by atoms with Crippen LogP contribution < -0.4 is 0 Å². The number of aliphatic carboxylic acids is 1. The quantitative estimate of drug-likeness (QED) is 0.513. The van der Waals surface area contributed by atoms with Gasteiger partial charge in [-0.25, -0.2) is 4.79 Å². The van der Waals surface area contributed by atoms with E-state index in [1.165, 1.54) is 16.3 Å². The van der Waals surface area contributed by atoms with Gasteiger partial charge in [-0.2, -0.15) is 17.0 Å². The van der Waals surface area contributed by atoms with E-state index in [4.69, 9.17) is 21.1 Å². The number of methoxy groups -OCH3 is 1. The first-order valence-electron chi connectivity index (χ1n) is 11.9. The smallest absolute Gasteiger partial charge is 0.410 e. The van der Waals surface area contributed by atoms with Crippen molar-refractivity contribution in [2.24, 2.45) is 5.92 Å². The molecule has 1 aromatic carbocycles. The molecule has 1 amide bonds. The first kappa shape index (κ1) is 26.2. The van der Waals surface area contributed by atoms with Gasteiger partial charge in [0.15, 0.2) is 0 Å². The minimum absolute atomic E-state index is 0.0516. The van der Waals surface area contributed by atoms with Crippen molar-refractivity contribution >= 4 is 33.9 Å². The van der Waals surface area contributed by atoms with E-state index < -0.39 is 40.4 Å². The van der Waals surface area contributed by atoms with Gasteiger partial charge in [0.25, 0.3) is 10.2 Å². The minimum Gasteiger partial charge on any atom is -0.480 e. The number of nitrogens with zero attached hydrogens (tertiary/aromatic N) is 3. The first-order chi connectivity index (χ1) is 16.7. The summed E-state index contributed by atoms with van der Waals surface area (Å²) in [5, 5.41) is 10.7. The van der Waals surface area contributed by atoms with Crippen molar-refractivity contribution < 1.29 is 32.6 Å². The van der Waals surface area contributed by atoms with E-state index in [0.717, 1.165) is 16.3 Å². The zero-order chi connectivity index (χ0) is 25.2. The largest absolute Gasteiger partial charge is 0.480 e. The Morgan fingerprint density at radius 3 is 2.40 bits per heavy atom. The predicted molar refractivity (Wildman–Crippen MR) is 128 cm³/mol. The van der Waals surface area contributed by atoms with E-state index in [0.29, 0.717) is 49.7 Å². The SMILES string of the molecule is COCCOC(=O)N1[C@@H]2CC[C@H]1[C@H](C(=O)O)N(S(=O)(=O)N1CCC(Cc3ccc(Cl)cc3)CC1)C2. The van der Waals surface area contributed by atoms with Gasteiger partial charge < -0.3 is 14.6 Å². The molecule has 3 aliphatic rings. The summed E-state index contributed by atoms with van der Waals surface area (Å²) in [5.41, 5.74) is 1.16. The van der Waals surface area contributed by atoms with E-state index in [1.54, 1.807) is 0 Å². The number of fused-ring (bicyclic) bond motifs is 2. The van der Waals surface area contributed by atoms with Gasteiger partial charge in [0.2, 0.25) is 0 Å². The molecule has 1 N–H and O–H groups in total. The number of piperidine rings is 1. The number of rotatable bonds is 8. The number of ether oxygens (including phenoxy) is 2. The zero-order valence-corrected chi connectivity index (χ0v) is 21.3. The highest BCUT2D eigenvalue weighted by molar-refractivity contribution is 7.86. The summed E-state index contributed by atoms with van der Waals surface area (Å²) < 4.78 is 39.8. The number of hydrogen-bond acceptors (Lipinski definition) is 6. The summed E-state index contributed by atoms with van der Waals surface area (Å²) in [6, 6.07) is 5.15. The molecule has 3 heterocycles. The van der Waals surface area contributed by atoms with E-state index in [9.17, 15) is 23.1 Å². The molecule has 12 heteroatoms. The minimum atomic E-state index is -4.01. The molecule has 4 rings (SSSR count). The molecule has 3 atom stereocenters. The molecule has 0 spiro atoms. The summed E-state index contributed by atoms with van der Waals surface area (Å²) in [6.45, 7) is 0.894. The normalized spacial score (nSPS) is 26.1. The number of carboxylic acids is 1. The molecule has 35 heavy (non-hydrogen) atoms. The standard InChI is InChI=1S/C23H32ClN3O7S/c1-33-12-13-34-23(30)27-19-6-7-20(27)21(22(28)29)26(15-19)35(31,32)25-10-8-17(9-11-25)14-16-2-4-18(24)5-3-16/h2-5,17,19-21H,6-15H2,1H3,(H,28,29)/t19-,20+,21-/m1/s1. The Morgan fingerprint density at radius 1 is 1.09 bits per heavy atom. The lowest BCUT2D eigenvalue weighted by molar-refractivity contribution is -0.145. The number of carboxylic acid groups (broad SMARTS) is 1. The average molecular weight is 530 g/mol. The van der Waals surface area contributed by atoms with Crippen LogP contribution >= 0.6 is 11.6 Å². The van der Waals surface area contributed by atoms with Gasteiger partial charge in [-0.3, -0.25) is 9.69 Å². The molecule has 3 fully saturated rings. The van der Waals surface area contributed by atoms with Crippen molar-refractivity contribution in [2.45, 2.75) is 50.2 Å². The summed E-state index contributed by atoms with van der Waals surface area (Å²) >= 11 is 5.96. The van der Waals surface area contributed by atoms with Gasteiger partial charge in [0, 0.05) is 37.8 Å². The number of carbonyl (C=O) groups is 2. The number of halogens is 1. The van der Waals surface area contributed by atoms with Gasteiger partial charge in [-0.05, 0) is 55.7 Å². The van der Waals surface area contributed by atoms with Gasteiger partial charge in [0.1, 0.15) is 12.6 Å². The highest BCUT2D eigenvalue weighted by Crippen LogP contribution is 2.37. The van der Waals surface area contributed by atoms with Crippen LogP contribution in [0.2, 0.25) is 5.02 Å². The molecule has 0 radical (unpaired) electrons. The molecule has 194 valence electrons. The Kier molecular flexibility index (Phi) is 8.22. The van der Waals surface area contributed by atoms with Crippen molar-refractivity contribution in [1.82, 2.24) is 13.5 Å². The maximum atomic E-state index is 13.6. The molecule has 0 aliphatic carbocycles. The molecule has 3 saturated heterocycles. The van der Waals surface area contributed by atoms with E-state index >= 15 is 0 Å². The monoisotopic (exact) mass is 529 g/mol. The Labute approximate surface area is 210 Å². The fourth-order valence-corrected chi connectivity index (χ4v) is 7.43. The topological polar surface area (TPSA) is 117 Å². The van der Waals surface area contributed by atoms with Gasteiger partial charge in [0.05, 0.1) is 12.6 Å². The van der Waals surface area contributed by atoms with Crippen LogP contribution in [0.4, 0.5) is 4.79 Å². The lowest BCUT2D eigenvalue weighted by atomic mass is 9.91. The summed E-state index contributed by atoms with van der Waals surface area (Å²) in [6.07, 6.45) is 2.55. The molecule has 0 unspecified atom stereocenters. The first-order valence-corrected chi connectivity index (χ1v) is 13.7. The van der Waals surface area contributed by atoms with E-state index in [2.05, 4.69) is 0 Å². The molecule has 1 aromatic rings. The van der Waals surface area contributed by atoms with E-state index in [-0.39, 0.29) is 19.8 Å². The van der Waals surface area contributed by atoms with Crippen molar-refractivity contribution in [3.8, 4) is 0 Å². The fraction of sp³-hybridized carbons (Fsp3) is 0.652. The van der Waals surface area contributed by atoms with Crippen molar-refractivity contribution in [3.05, 3.63) is 34.9 Å². The number of amides is 1. The van der Waals surface area contributed by atoms with Crippen LogP contribution in [-0.4, -0.2) is 97.2 Å². The molecular formula is C23H32ClN3O7S. The number of piperazine rings is 1. The summed E-state index contributed by atoms with van der Waals surface area (Å²) in [5.74, 6) is -0.918. The summed E-state index contributed by atoms with van der Waals surface area (Å²) in [7, 11) is -2.52. The maximum Gasteiger partial charge on any atom is 0.410 e. The number of benzene rings is 1. The third kappa shape index (κ3) is 5.59. The maximum absolute atomic E-state index is 13.6. The zero-order valence-electron chi connectivity index (χ0n) is 19.7. The molecule has 3 aliphatic heterocycles. The fourth-order valence-electron chi connectivity index (χ4n) is 5.46. The van der Waals surface area contributed by atoms with Gasteiger partial charge in [-0.15, -0.1) is 0 Å². The Balaban J connectivity index is 1.43. The number of hydrogen-bond donors (Lipinski definition) is 1. The average Bonchev–Trinajstić information content (AvgIpc) is 3.13. The van der Waals surface area contributed by atoms with Crippen molar-refractivity contribution in [3.63, 3.8) is 0 Å². The molecule has 0 saturated carbocycles. The van der Waals surface area contributed by atoms with Crippen molar-refractivity contribution in [1.29, 1.82) is 0 Å². The highest BCUT2D eigenvalue weighted by atomic mass is 35.5. The van der Waals surface area contributed by atoms with Crippen LogP contribution in [0.5, 0.6) is 0 Å². The highest BCUT2D eigenvalue weighted by Gasteiger charge is 2.56. The Hall–Kier alpha value is -1.92. The predicted octanol–water partition coefficient (Wildman–Crippen LogP) is 2.22. The number of carbonyl (C=O) groups excluding carboxylic acids is 1. The summed E-state index contributed by atoms with van der Waals surface area (Å²) in [4.78, 5) is 26.3. The van der Waals surface area contributed by atoms with Crippen LogP contribution in [0.15, 0.2) is 24.3 Å². The van der Waals surface area contributed by atoms with Crippen LogP contribution in [0.25, 0.3) is 0 Å². The van der Waals surface area contributed by atoms with Crippen LogP contribution in [-0.2, 0) is 30.9 Å². The van der Waals surface area contributed by atoms with Gasteiger partial charge in [-0.1, -0.05) is 23.7 Å². The van der Waals surface area contributed by atoms with Crippen LogP contribution in [0.3, 0.4) is 0 Å². The van der Waals surface area contributed by atoms with Crippen LogP contribution in [0.1, 0.15) is 31.2 Å². The second-order valence-corrected chi connectivity index (χ2v) is 11.7. The molecule has 2 bridgehead atoms. The van der Waals surface area contributed by atoms with Crippen molar-refractivity contribution in [2.75, 3.05) is 40.0 Å². The molecule has 10 nitrogen and oxygen atoms in total. The second-order valence-electron chi connectivity index (χ2n) is 9.35. The molecule has 0 aromatic heterocycles. The van der Waals surface area contributed by atoms with Gasteiger partial charge >= 0.3 is 12.1 Å². The van der Waals surface area contributed by atoms with E-state index in [1.807, 2.05) is 24.3 Å². The third-order valence-electron chi connectivity index (χ3n) is 7.22. The lowest BCUT2D eigenvalue weighted by Crippen LogP contribution is -2.66. The molecular weight excluding hydrogens is 498 g/mol. The lowest BCUT2D eigenvalue weighted by Gasteiger charge is -2.45. The third-order valence-corrected chi connectivity index (χ3v) is 9.46.